The minimum atomic E-state index is 0.137. The Morgan fingerprint density at radius 1 is 1.32 bits per heavy atom. The Bertz CT molecular complexity index is 736. The summed E-state index contributed by atoms with van der Waals surface area (Å²) in [6.45, 7) is 4.63. The summed E-state index contributed by atoms with van der Waals surface area (Å²) < 4.78 is 10.8. The zero-order chi connectivity index (χ0) is 15.5. The Labute approximate surface area is 128 Å². The Kier molecular flexibility index (Phi) is 4.02. The van der Waals surface area contributed by atoms with Gasteiger partial charge in [-0.1, -0.05) is 5.16 Å². The number of pyridine rings is 1. The molecular formula is C16H18N4O2. The second kappa shape index (κ2) is 6.11. The van der Waals surface area contributed by atoms with Gasteiger partial charge in [-0.3, -0.25) is 9.88 Å². The number of rotatable bonds is 5. The molecule has 1 unspecified atom stereocenters. The van der Waals surface area contributed by atoms with Gasteiger partial charge in [0.25, 0.3) is 5.89 Å². The lowest BCUT2D eigenvalue weighted by atomic mass is 10.2. The Hall–Kier alpha value is -2.47. The number of nitrogens with zero attached hydrogens (tertiary/aromatic N) is 4. The fourth-order valence-electron chi connectivity index (χ4n) is 2.21. The summed E-state index contributed by atoms with van der Waals surface area (Å²) in [7, 11) is 2.00. The van der Waals surface area contributed by atoms with Crippen LogP contribution in [0.5, 0.6) is 0 Å². The normalized spacial score (nSPS) is 12.7. The van der Waals surface area contributed by atoms with E-state index >= 15 is 0 Å². The van der Waals surface area contributed by atoms with Crippen LogP contribution in [0.4, 0.5) is 0 Å². The first-order valence-electron chi connectivity index (χ1n) is 7.12. The molecule has 0 saturated heterocycles. The Balaban J connectivity index is 1.71. The first kappa shape index (κ1) is 14.5. The van der Waals surface area contributed by atoms with Crippen molar-refractivity contribution in [1.82, 2.24) is 20.0 Å². The highest BCUT2D eigenvalue weighted by atomic mass is 16.5. The van der Waals surface area contributed by atoms with Gasteiger partial charge in [-0.15, -0.1) is 0 Å². The molecule has 22 heavy (non-hydrogen) atoms. The van der Waals surface area contributed by atoms with Crippen LogP contribution >= 0.6 is 0 Å². The second-order valence-electron chi connectivity index (χ2n) is 5.37. The van der Waals surface area contributed by atoms with Gasteiger partial charge in [-0.2, -0.15) is 4.98 Å². The second-order valence-corrected chi connectivity index (χ2v) is 5.37. The molecule has 3 aromatic heterocycles. The van der Waals surface area contributed by atoms with Crippen LogP contribution in [-0.2, 0) is 6.54 Å². The summed E-state index contributed by atoms with van der Waals surface area (Å²) in [4.78, 5) is 10.7. The van der Waals surface area contributed by atoms with Crippen molar-refractivity contribution in [2.75, 3.05) is 7.05 Å². The topological polar surface area (TPSA) is 68.2 Å². The lowest BCUT2D eigenvalue weighted by molar-refractivity contribution is 0.215. The van der Waals surface area contributed by atoms with E-state index in [1.54, 1.807) is 18.7 Å². The molecule has 6 nitrogen and oxygen atoms in total. The minimum absolute atomic E-state index is 0.137. The molecule has 3 aromatic rings. The smallest absolute Gasteiger partial charge is 0.259 e. The molecule has 0 aliphatic carbocycles. The third-order valence-corrected chi connectivity index (χ3v) is 3.60. The van der Waals surface area contributed by atoms with Crippen molar-refractivity contribution in [3.63, 3.8) is 0 Å². The predicted molar refractivity (Wildman–Crippen MR) is 80.9 cm³/mol. The van der Waals surface area contributed by atoms with Crippen molar-refractivity contribution in [3.8, 4) is 11.5 Å². The van der Waals surface area contributed by atoms with E-state index in [9.17, 15) is 0 Å². The molecule has 0 bridgehead atoms. The summed E-state index contributed by atoms with van der Waals surface area (Å²) in [6, 6.07) is 5.95. The monoisotopic (exact) mass is 298 g/mol. The number of hydrogen-bond acceptors (Lipinski definition) is 6. The maximum Gasteiger partial charge on any atom is 0.259 e. The van der Waals surface area contributed by atoms with Gasteiger partial charge in [-0.25, -0.2) is 0 Å². The van der Waals surface area contributed by atoms with Crippen molar-refractivity contribution < 1.29 is 8.94 Å². The van der Waals surface area contributed by atoms with E-state index in [2.05, 4.69) is 26.9 Å². The van der Waals surface area contributed by atoms with E-state index in [1.807, 2.05) is 32.2 Å². The van der Waals surface area contributed by atoms with Gasteiger partial charge in [0.05, 0.1) is 24.4 Å². The van der Waals surface area contributed by atoms with Crippen molar-refractivity contribution in [2.45, 2.75) is 26.4 Å². The molecule has 1 atom stereocenters. The first-order chi connectivity index (χ1) is 10.6. The van der Waals surface area contributed by atoms with Gasteiger partial charge in [0, 0.05) is 12.4 Å². The summed E-state index contributed by atoms with van der Waals surface area (Å²) >= 11 is 0. The summed E-state index contributed by atoms with van der Waals surface area (Å²) in [5, 5.41) is 4.04. The molecule has 0 fully saturated rings. The van der Waals surface area contributed by atoms with Gasteiger partial charge in [-0.05, 0) is 44.7 Å². The van der Waals surface area contributed by atoms with E-state index < -0.39 is 0 Å². The quantitative estimate of drug-likeness (QED) is 0.720. The SMILES string of the molecule is Cc1cncc(-c2nc(CN(C)C(C)c3ccco3)no2)c1. The highest BCUT2D eigenvalue weighted by Crippen LogP contribution is 2.22. The van der Waals surface area contributed by atoms with Gasteiger partial charge < -0.3 is 8.94 Å². The summed E-state index contributed by atoms with van der Waals surface area (Å²) in [5.74, 6) is 2.04. The zero-order valence-electron chi connectivity index (χ0n) is 12.9. The molecule has 0 aliphatic heterocycles. The molecule has 0 N–H and O–H groups in total. The molecule has 3 rings (SSSR count). The average molecular weight is 298 g/mol. The lowest BCUT2D eigenvalue weighted by Gasteiger charge is -2.20. The summed E-state index contributed by atoms with van der Waals surface area (Å²) in [5.41, 5.74) is 1.89. The first-order valence-corrected chi connectivity index (χ1v) is 7.12. The van der Waals surface area contributed by atoms with Crippen molar-refractivity contribution in [3.05, 3.63) is 54.0 Å². The zero-order valence-corrected chi connectivity index (χ0v) is 12.9. The third kappa shape index (κ3) is 3.07. The van der Waals surface area contributed by atoms with Crippen LogP contribution in [0, 0.1) is 6.92 Å². The lowest BCUT2D eigenvalue weighted by Crippen LogP contribution is -2.22. The number of aromatic nitrogens is 3. The maximum absolute atomic E-state index is 5.43. The Morgan fingerprint density at radius 3 is 2.91 bits per heavy atom. The molecule has 0 aliphatic rings. The minimum Gasteiger partial charge on any atom is -0.468 e. The predicted octanol–water partition coefficient (Wildman–Crippen LogP) is 3.23. The fraction of sp³-hybridized carbons (Fsp3) is 0.312. The van der Waals surface area contributed by atoms with Crippen LogP contribution < -0.4 is 0 Å². The van der Waals surface area contributed by atoms with Crippen molar-refractivity contribution in [1.29, 1.82) is 0 Å². The molecule has 0 aromatic carbocycles. The molecule has 0 spiro atoms. The fourth-order valence-corrected chi connectivity index (χ4v) is 2.21. The molecule has 0 amide bonds. The number of aryl methyl sites for hydroxylation is 1. The van der Waals surface area contributed by atoms with Gasteiger partial charge in [0.2, 0.25) is 0 Å². The standard InChI is InChI=1S/C16H18N4O2/c1-11-7-13(9-17-8-11)16-18-15(19-22-16)10-20(3)12(2)14-5-4-6-21-14/h4-9,12H,10H2,1-3H3. The summed E-state index contributed by atoms with van der Waals surface area (Å²) in [6.07, 6.45) is 5.19. The van der Waals surface area contributed by atoms with Crippen LogP contribution in [0.1, 0.15) is 30.1 Å². The molecular weight excluding hydrogens is 280 g/mol. The van der Waals surface area contributed by atoms with Gasteiger partial charge >= 0.3 is 0 Å². The Morgan fingerprint density at radius 2 is 2.18 bits per heavy atom. The van der Waals surface area contributed by atoms with Crippen LogP contribution in [0.15, 0.2) is 45.8 Å². The van der Waals surface area contributed by atoms with Crippen molar-refractivity contribution in [2.24, 2.45) is 0 Å². The van der Waals surface area contributed by atoms with Crippen LogP contribution in [-0.4, -0.2) is 27.1 Å². The van der Waals surface area contributed by atoms with E-state index in [0.717, 1.165) is 16.9 Å². The molecule has 6 heteroatoms. The third-order valence-electron chi connectivity index (χ3n) is 3.60. The van der Waals surface area contributed by atoms with Gasteiger partial charge in [0.15, 0.2) is 5.82 Å². The number of furan rings is 1. The largest absolute Gasteiger partial charge is 0.468 e. The van der Waals surface area contributed by atoms with E-state index in [-0.39, 0.29) is 6.04 Å². The van der Waals surface area contributed by atoms with Crippen LogP contribution in [0.25, 0.3) is 11.5 Å². The highest BCUT2D eigenvalue weighted by Gasteiger charge is 2.17. The molecule has 3 heterocycles. The number of hydrogen-bond donors (Lipinski definition) is 0. The van der Waals surface area contributed by atoms with E-state index in [0.29, 0.717) is 18.3 Å². The highest BCUT2D eigenvalue weighted by molar-refractivity contribution is 5.51. The average Bonchev–Trinajstić information content (AvgIpc) is 3.18. The van der Waals surface area contributed by atoms with Gasteiger partial charge in [0.1, 0.15) is 5.76 Å². The molecule has 0 radical (unpaired) electrons. The molecule has 114 valence electrons. The van der Waals surface area contributed by atoms with E-state index in [4.69, 9.17) is 8.94 Å². The van der Waals surface area contributed by atoms with Crippen LogP contribution in [0.2, 0.25) is 0 Å². The molecule has 0 saturated carbocycles. The maximum atomic E-state index is 5.43. The van der Waals surface area contributed by atoms with Crippen LogP contribution in [0.3, 0.4) is 0 Å². The van der Waals surface area contributed by atoms with Crippen molar-refractivity contribution >= 4 is 0 Å². The van der Waals surface area contributed by atoms with E-state index in [1.165, 1.54) is 0 Å².